The summed E-state index contributed by atoms with van der Waals surface area (Å²) in [5, 5.41) is 4.22. The number of rotatable bonds is 0. The monoisotopic (exact) mass is 258 g/mol. The molecule has 3 heterocycles. The van der Waals surface area contributed by atoms with Crippen molar-refractivity contribution in [1.82, 2.24) is 19.2 Å². The Bertz CT molecular complexity index is 608. The molecule has 0 spiro atoms. The standard InChI is InChI=1S/C11H13F3N4/c1-16-3-4-18-7(6-16)5-8-9(11(12,13)14)17(2)15-10(8)18/h5H,3-4,6H2,1-2H3. The third-order valence-corrected chi connectivity index (χ3v) is 3.38. The van der Waals surface area contributed by atoms with Crippen LogP contribution in [0.2, 0.25) is 0 Å². The molecule has 0 amide bonds. The van der Waals surface area contributed by atoms with Crippen LogP contribution in [0.5, 0.6) is 0 Å². The number of fused-ring (bicyclic) bond motifs is 3. The molecular weight excluding hydrogens is 245 g/mol. The molecule has 0 radical (unpaired) electrons. The minimum atomic E-state index is -4.37. The molecule has 4 nitrogen and oxygen atoms in total. The molecule has 3 rings (SSSR count). The molecule has 2 aromatic rings. The van der Waals surface area contributed by atoms with Crippen LogP contribution in [0.4, 0.5) is 13.2 Å². The lowest BCUT2D eigenvalue weighted by Gasteiger charge is -2.24. The van der Waals surface area contributed by atoms with Crippen LogP contribution < -0.4 is 0 Å². The fourth-order valence-electron chi connectivity index (χ4n) is 2.58. The minimum Gasteiger partial charge on any atom is -0.326 e. The van der Waals surface area contributed by atoms with E-state index in [1.807, 2.05) is 11.6 Å². The SMILES string of the molecule is CN1CCn2c(cc3c(C(F)(F)F)n(C)nc32)C1. The summed E-state index contributed by atoms with van der Waals surface area (Å²) in [5.41, 5.74) is 0.669. The zero-order chi connectivity index (χ0) is 13.1. The van der Waals surface area contributed by atoms with E-state index in [1.165, 1.54) is 7.05 Å². The van der Waals surface area contributed by atoms with Crippen LogP contribution >= 0.6 is 0 Å². The first-order chi connectivity index (χ1) is 8.38. The first-order valence-corrected chi connectivity index (χ1v) is 5.69. The van der Waals surface area contributed by atoms with E-state index in [9.17, 15) is 13.2 Å². The van der Waals surface area contributed by atoms with Gasteiger partial charge in [-0.1, -0.05) is 0 Å². The van der Waals surface area contributed by atoms with Crippen LogP contribution in [0.3, 0.4) is 0 Å². The second-order valence-corrected chi connectivity index (χ2v) is 4.73. The van der Waals surface area contributed by atoms with E-state index in [1.54, 1.807) is 6.07 Å². The second-order valence-electron chi connectivity index (χ2n) is 4.73. The van der Waals surface area contributed by atoms with Crippen molar-refractivity contribution < 1.29 is 13.2 Å². The average molecular weight is 258 g/mol. The van der Waals surface area contributed by atoms with Gasteiger partial charge in [0.15, 0.2) is 11.3 Å². The van der Waals surface area contributed by atoms with Crippen LogP contribution in [0.1, 0.15) is 11.4 Å². The van der Waals surface area contributed by atoms with Gasteiger partial charge in [0, 0.05) is 32.4 Å². The molecule has 0 N–H and O–H groups in total. The average Bonchev–Trinajstić information content (AvgIpc) is 2.69. The zero-order valence-corrected chi connectivity index (χ0v) is 10.1. The Morgan fingerprint density at radius 1 is 1.22 bits per heavy atom. The maximum absolute atomic E-state index is 13.0. The molecule has 0 saturated heterocycles. The largest absolute Gasteiger partial charge is 0.433 e. The fraction of sp³-hybridized carbons (Fsp3) is 0.545. The van der Waals surface area contributed by atoms with Crippen LogP contribution in [-0.4, -0.2) is 32.8 Å². The Balaban J connectivity index is 2.25. The van der Waals surface area contributed by atoms with Crippen molar-refractivity contribution in [2.24, 2.45) is 7.05 Å². The van der Waals surface area contributed by atoms with Gasteiger partial charge in [0.05, 0.1) is 5.39 Å². The van der Waals surface area contributed by atoms with Gasteiger partial charge in [-0.15, -0.1) is 0 Å². The lowest BCUT2D eigenvalue weighted by atomic mass is 10.2. The summed E-state index contributed by atoms with van der Waals surface area (Å²) >= 11 is 0. The first kappa shape index (κ1) is 11.6. The molecule has 1 aliphatic rings. The summed E-state index contributed by atoms with van der Waals surface area (Å²) in [5.74, 6) is 0. The van der Waals surface area contributed by atoms with Crippen molar-refractivity contribution in [3.05, 3.63) is 17.5 Å². The highest BCUT2D eigenvalue weighted by molar-refractivity contribution is 5.81. The van der Waals surface area contributed by atoms with Gasteiger partial charge in [-0.2, -0.15) is 18.3 Å². The molecule has 0 fully saturated rings. The fourth-order valence-corrected chi connectivity index (χ4v) is 2.58. The van der Waals surface area contributed by atoms with Gasteiger partial charge < -0.3 is 4.57 Å². The molecule has 0 atom stereocenters. The Morgan fingerprint density at radius 3 is 2.61 bits per heavy atom. The molecule has 18 heavy (non-hydrogen) atoms. The number of alkyl halides is 3. The van der Waals surface area contributed by atoms with Crippen LogP contribution in [0.15, 0.2) is 6.07 Å². The van der Waals surface area contributed by atoms with E-state index in [4.69, 9.17) is 0 Å². The molecule has 0 aliphatic carbocycles. The topological polar surface area (TPSA) is 26.0 Å². The molecule has 2 aromatic heterocycles. The van der Waals surface area contributed by atoms with Crippen molar-refractivity contribution in [3.63, 3.8) is 0 Å². The highest BCUT2D eigenvalue weighted by atomic mass is 19.4. The van der Waals surface area contributed by atoms with Crippen molar-refractivity contribution in [1.29, 1.82) is 0 Å². The molecule has 0 saturated carbocycles. The highest BCUT2D eigenvalue weighted by Crippen LogP contribution is 2.36. The van der Waals surface area contributed by atoms with Crippen LogP contribution in [0.25, 0.3) is 11.0 Å². The summed E-state index contributed by atoms with van der Waals surface area (Å²) in [7, 11) is 3.30. The smallest absolute Gasteiger partial charge is 0.326 e. The summed E-state index contributed by atoms with van der Waals surface area (Å²) in [6.07, 6.45) is -4.37. The Labute approximate surface area is 102 Å². The van der Waals surface area contributed by atoms with Crippen molar-refractivity contribution >= 4 is 11.0 Å². The van der Waals surface area contributed by atoms with Gasteiger partial charge in [0.1, 0.15) is 0 Å². The number of nitrogens with zero attached hydrogens (tertiary/aromatic N) is 4. The van der Waals surface area contributed by atoms with Gasteiger partial charge in [-0.3, -0.25) is 9.58 Å². The molecular formula is C11H13F3N4. The molecule has 98 valence electrons. The predicted molar refractivity (Wildman–Crippen MR) is 60.0 cm³/mol. The second kappa shape index (κ2) is 3.50. The van der Waals surface area contributed by atoms with E-state index in [0.717, 1.165) is 16.9 Å². The van der Waals surface area contributed by atoms with Gasteiger partial charge in [0.2, 0.25) is 0 Å². The summed E-state index contributed by atoms with van der Waals surface area (Å²) in [6.45, 7) is 2.18. The van der Waals surface area contributed by atoms with Crippen LogP contribution in [0, 0.1) is 0 Å². The van der Waals surface area contributed by atoms with Gasteiger partial charge in [-0.05, 0) is 13.1 Å². The maximum Gasteiger partial charge on any atom is 0.433 e. The van der Waals surface area contributed by atoms with Gasteiger partial charge >= 0.3 is 6.18 Å². The third kappa shape index (κ3) is 1.53. The minimum absolute atomic E-state index is 0.204. The molecule has 0 aromatic carbocycles. The summed E-state index contributed by atoms with van der Waals surface area (Å²) in [4.78, 5) is 2.08. The first-order valence-electron chi connectivity index (χ1n) is 5.69. The lowest BCUT2D eigenvalue weighted by Crippen LogP contribution is -2.30. The Kier molecular flexibility index (Phi) is 2.25. The lowest BCUT2D eigenvalue weighted by molar-refractivity contribution is -0.142. The van der Waals surface area contributed by atoms with Crippen molar-refractivity contribution in [2.45, 2.75) is 19.3 Å². The molecule has 1 aliphatic heterocycles. The van der Waals surface area contributed by atoms with E-state index in [0.29, 0.717) is 18.7 Å². The molecule has 7 heteroatoms. The quantitative estimate of drug-likeness (QED) is 0.720. The molecule has 0 bridgehead atoms. The Hall–Kier alpha value is -1.50. The number of likely N-dealkylation sites (N-methyl/N-ethyl adjacent to an activating group) is 1. The van der Waals surface area contributed by atoms with E-state index in [-0.39, 0.29) is 5.39 Å². The summed E-state index contributed by atoms with van der Waals surface area (Å²) < 4.78 is 41.7. The third-order valence-electron chi connectivity index (χ3n) is 3.38. The van der Waals surface area contributed by atoms with Crippen molar-refractivity contribution in [3.8, 4) is 0 Å². The van der Waals surface area contributed by atoms with E-state index >= 15 is 0 Å². The molecule has 0 unspecified atom stereocenters. The number of hydrogen-bond donors (Lipinski definition) is 0. The van der Waals surface area contributed by atoms with E-state index in [2.05, 4.69) is 10.00 Å². The van der Waals surface area contributed by atoms with Crippen LogP contribution in [-0.2, 0) is 26.3 Å². The predicted octanol–water partition coefficient (Wildman–Crippen LogP) is 1.84. The van der Waals surface area contributed by atoms with E-state index < -0.39 is 11.9 Å². The maximum atomic E-state index is 13.0. The highest BCUT2D eigenvalue weighted by Gasteiger charge is 2.38. The summed E-state index contributed by atoms with van der Waals surface area (Å²) in [6, 6.07) is 1.61. The number of aromatic nitrogens is 3. The Morgan fingerprint density at radius 2 is 1.94 bits per heavy atom. The normalized spacial score (nSPS) is 17.4. The van der Waals surface area contributed by atoms with Gasteiger partial charge in [0.25, 0.3) is 0 Å². The number of hydrogen-bond acceptors (Lipinski definition) is 2. The van der Waals surface area contributed by atoms with Gasteiger partial charge in [-0.25, -0.2) is 0 Å². The number of aryl methyl sites for hydroxylation is 1. The number of halogens is 3. The zero-order valence-electron chi connectivity index (χ0n) is 10.1. The van der Waals surface area contributed by atoms with Crippen molar-refractivity contribution in [2.75, 3.05) is 13.6 Å².